The maximum atomic E-state index is 13.5. The van der Waals surface area contributed by atoms with E-state index in [-0.39, 0.29) is 5.82 Å². The summed E-state index contributed by atoms with van der Waals surface area (Å²) in [6, 6.07) is 6.77. The summed E-state index contributed by atoms with van der Waals surface area (Å²) in [7, 11) is 1.68. The molecule has 6 heteroatoms. The lowest BCUT2D eigenvalue weighted by Crippen LogP contribution is -2.19. The molecule has 0 saturated heterocycles. The first-order chi connectivity index (χ1) is 8.56. The van der Waals surface area contributed by atoms with Crippen LogP contribution in [0.15, 0.2) is 30.5 Å². The number of benzene rings is 1. The minimum absolute atomic E-state index is 0.0532. The number of aromatic hydroxyl groups is 1. The maximum absolute atomic E-state index is 13.5. The zero-order valence-electron chi connectivity index (χ0n) is 9.64. The summed E-state index contributed by atoms with van der Waals surface area (Å²) in [5, 5.41) is 9.80. The number of hydrogen-bond acceptors (Lipinski definition) is 4. The summed E-state index contributed by atoms with van der Waals surface area (Å²) < 4.78 is 13.5. The monoisotopic (exact) mass is 267 g/mol. The van der Waals surface area contributed by atoms with E-state index in [1.807, 2.05) is 12.1 Å². The van der Waals surface area contributed by atoms with Gasteiger partial charge < -0.3 is 10.0 Å². The summed E-state index contributed by atoms with van der Waals surface area (Å²) in [4.78, 5) is 8.60. The molecule has 0 bridgehead atoms. The molecule has 0 fully saturated rings. The highest BCUT2D eigenvalue weighted by Crippen LogP contribution is 2.19. The van der Waals surface area contributed by atoms with Gasteiger partial charge in [0.2, 0.25) is 0 Å². The van der Waals surface area contributed by atoms with Crippen molar-refractivity contribution in [1.82, 2.24) is 9.97 Å². The Bertz CT molecular complexity index is 548. The predicted octanol–water partition coefficient (Wildman–Crippen LogP) is 2.61. The van der Waals surface area contributed by atoms with E-state index in [2.05, 4.69) is 9.97 Å². The van der Waals surface area contributed by atoms with E-state index in [1.54, 1.807) is 24.1 Å². The van der Waals surface area contributed by atoms with Crippen molar-refractivity contribution in [3.05, 3.63) is 46.9 Å². The van der Waals surface area contributed by atoms with Gasteiger partial charge in [0.15, 0.2) is 11.6 Å². The van der Waals surface area contributed by atoms with Gasteiger partial charge in [0, 0.05) is 18.6 Å². The van der Waals surface area contributed by atoms with Crippen LogP contribution in [0.1, 0.15) is 5.56 Å². The van der Waals surface area contributed by atoms with Crippen LogP contribution in [-0.4, -0.2) is 22.1 Å². The standard InChI is InChI=1S/C12H11ClFN3O/c1-17(7-8-2-4-9(13)5-3-8)11-10(14)6-15-12(18)16-11/h2-6H,7H2,1H3,(H,15,16,18). The molecule has 2 rings (SSSR count). The molecule has 1 aromatic carbocycles. The van der Waals surface area contributed by atoms with E-state index in [0.717, 1.165) is 11.8 Å². The Balaban J connectivity index is 2.18. The normalized spacial score (nSPS) is 10.4. The Labute approximate surface area is 109 Å². The van der Waals surface area contributed by atoms with E-state index in [4.69, 9.17) is 16.7 Å². The van der Waals surface area contributed by atoms with Crippen molar-refractivity contribution in [3.8, 4) is 6.01 Å². The fraction of sp³-hybridized carbons (Fsp3) is 0.167. The molecule has 0 unspecified atom stereocenters. The smallest absolute Gasteiger partial charge is 0.315 e. The fourth-order valence-corrected chi connectivity index (χ4v) is 1.68. The van der Waals surface area contributed by atoms with E-state index in [0.29, 0.717) is 11.6 Å². The van der Waals surface area contributed by atoms with E-state index in [9.17, 15) is 4.39 Å². The van der Waals surface area contributed by atoms with Crippen LogP contribution in [0.3, 0.4) is 0 Å². The van der Waals surface area contributed by atoms with Crippen molar-refractivity contribution in [2.75, 3.05) is 11.9 Å². The van der Waals surface area contributed by atoms with Crippen molar-refractivity contribution < 1.29 is 9.50 Å². The maximum Gasteiger partial charge on any atom is 0.315 e. The predicted molar refractivity (Wildman–Crippen MR) is 67.2 cm³/mol. The lowest BCUT2D eigenvalue weighted by Gasteiger charge is -2.18. The molecule has 18 heavy (non-hydrogen) atoms. The highest BCUT2D eigenvalue weighted by Gasteiger charge is 2.11. The highest BCUT2D eigenvalue weighted by molar-refractivity contribution is 6.30. The number of anilines is 1. The molecular formula is C12H11ClFN3O. The fourth-order valence-electron chi connectivity index (χ4n) is 1.56. The Morgan fingerprint density at radius 2 is 2.00 bits per heavy atom. The summed E-state index contributed by atoms with van der Waals surface area (Å²) in [6.07, 6.45) is 0.941. The van der Waals surface area contributed by atoms with Crippen LogP contribution in [0, 0.1) is 5.82 Å². The third kappa shape index (κ3) is 2.87. The van der Waals surface area contributed by atoms with Gasteiger partial charge >= 0.3 is 6.01 Å². The summed E-state index contributed by atoms with van der Waals surface area (Å²) in [5.74, 6) is -0.526. The van der Waals surface area contributed by atoms with Crippen LogP contribution in [0.4, 0.5) is 10.2 Å². The summed E-state index contributed by atoms with van der Waals surface area (Å²) in [5.41, 5.74) is 0.958. The van der Waals surface area contributed by atoms with Crippen LogP contribution < -0.4 is 4.90 Å². The van der Waals surface area contributed by atoms with Crippen LogP contribution >= 0.6 is 11.6 Å². The average molecular weight is 268 g/mol. The SMILES string of the molecule is CN(Cc1ccc(Cl)cc1)c1nc(O)ncc1F. The number of nitrogens with zero attached hydrogens (tertiary/aromatic N) is 3. The highest BCUT2D eigenvalue weighted by atomic mass is 35.5. The molecule has 1 aromatic heterocycles. The molecule has 0 saturated carbocycles. The van der Waals surface area contributed by atoms with Gasteiger partial charge in [0.1, 0.15) is 0 Å². The van der Waals surface area contributed by atoms with Crippen molar-refractivity contribution in [1.29, 1.82) is 0 Å². The molecule has 0 aliphatic heterocycles. The molecule has 1 heterocycles. The molecule has 0 aliphatic rings. The minimum Gasteiger partial charge on any atom is -0.479 e. The summed E-state index contributed by atoms with van der Waals surface area (Å²) >= 11 is 5.78. The van der Waals surface area contributed by atoms with Gasteiger partial charge in [0.05, 0.1) is 6.20 Å². The molecule has 94 valence electrons. The molecule has 1 N–H and O–H groups in total. The van der Waals surface area contributed by atoms with Gasteiger partial charge in [-0.1, -0.05) is 23.7 Å². The second kappa shape index (κ2) is 5.18. The largest absolute Gasteiger partial charge is 0.479 e. The number of hydrogen-bond donors (Lipinski definition) is 1. The first-order valence-electron chi connectivity index (χ1n) is 5.23. The van der Waals surface area contributed by atoms with Crippen molar-refractivity contribution in [3.63, 3.8) is 0 Å². The second-order valence-electron chi connectivity index (χ2n) is 3.82. The first-order valence-corrected chi connectivity index (χ1v) is 5.61. The molecule has 0 aliphatic carbocycles. The zero-order chi connectivity index (χ0) is 13.1. The molecular weight excluding hydrogens is 257 g/mol. The molecule has 0 amide bonds. The third-order valence-electron chi connectivity index (χ3n) is 2.41. The minimum atomic E-state index is -0.579. The van der Waals surface area contributed by atoms with Crippen molar-refractivity contribution in [2.24, 2.45) is 0 Å². The van der Waals surface area contributed by atoms with Crippen LogP contribution in [-0.2, 0) is 6.54 Å². The Kier molecular flexibility index (Phi) is 3.62. The Morgan fingerprint density at radius 3 is 2.67 bits per heavy atom. The second-order valence-corrected chi connectivity index (χ2v) is 4.26. The lowest BCUT2D eigenvalue weighted by molar-refractivity contribution is 0.424. The van der Waals surface area contributed by atoms with E-state index in [1.165, 1.54) is 0 Å². The van der Waals surface area contributed by atoms with Gasteiger partial charge in [-0.25, -0.2) is 9.37 Å². The number of halogens is 2. The van der Waals surface area contributed by atoms with Gasteiger partial charge in [-0.3, -0.25) is 0 Å². The van der Waals surface area contributed by atoms with Crippen LogP contribution in [0.5, 0.6) is 6.01 Å². The molecule has 0 radical (unpaired) electrons. The first kappa shape index (κ1) is 12.6. The quantitative estimate of drug-likeness (QED) is 0.929. The van der Waals surface area contributed by atoms with Crippen LogP contribution in [0.25, 0.3) is 0 Å². The van der Waals surface area contributed by atoms with Crippen molar-refractivity contribution in [2.45, 2.75) is 6.54 Å². The zero-order valence-corrected chi connectivity index (χ0v) is 10.4. The number of rotatable bonds is 3. The van der Waals surface area contributed by atoms with E-state index < -0.39 is 11.8 Å². The van der Waals surface area contributed by atoms with Gasteiger partial charge in [-0.2, -0.15) is 4.98 Å². The molecule has 0 spiro atoms. The van der Waals surface area contributed by atoms with Gasteiger partial charge in [0.25, 0.3) is 0 Å². The topological polar surface area (TPSA) is 49.2 Å². The van der Waals surface area contributed by atoms with Crippen LogP contribution in [0.2, 0.25) is 5.02 Å². The molecule has 2 aromatic rings. The van der Waals surface area contributed by atoms with Gasteiger partial charge in [-0.15, -0.1) is 0 Å². The Morgan fingerprint density at radius 1 is 1.33 bits per heavy atom. The number of aromatic nitrogens is 2. The van der Waals surface area contributed by atoms with Gasteiger partial charge in [-0.05, 0) is 17.7 Å². The summed E-state index contributed by atoms with van der Waals surface area (Å²) in [6.45, 7) is 0.449. The van der Waals surface area contributed by atoms with Crippen molar-refractivity contribution >= 4 is 17.4 Å². The Hall–Kier alpha value is -1.88. The van der Waals surface area contributed by atoms with E-state index >= 15 is 0 Å². The molecule has 4 nitrogen and oxygen atoms in total. The lowest BCUT2D eigenvalue weighted by atomic mass is 10.2. The third-order valence-corrected chi connectivity index (χ3v) is 2.66. The molecule has 0 atom stereocenters. The average Bonchev–Trinajstić information content (AvgIpc) is 2.35.